The van der Waals surface area contributed by atoms with Crippen LogP contribution in [0.5, 0.6) is 0 Å². The Bertz CT molecular complexity index is 591. The molecule has 22 heavy (non-hydrogen) atoms. The Morgan fingerprint density at radius 1 is 1.05 bits per heavy atom. The highest BCUT2D eigenvalue weighted by Crippen LogP contribution is 2.11. The van der Waals surface area contributed by atoms with Crippen LogP contribution < -0.4 is 16.2 Å². The van der Waals surface area contributed by atoms with E-state index in [2.05, 4.69) is 16.2 Å². The van der Waals surface area contributed by atoms with E-state index in [0.717, 1.165) is 0 Å². The summed E-state index contributed by atoms with van der Waals surface area (Å²) in [6.07, 6.45) is -0.750. The minimum atomic E-state index is -0.750. The van der Waals surface area contributed by atoms with Crippen LogP contribution in [0.15, 0.2) is 18.2 Å². The van der Waals surface area contributed by atoms with Crippen LogP contribution in [-0.4, -0.2) is 30.6 Å². The Morgan fingerprint density at radius 3 is 2.18 bits per heavy atom. The molecule has 0 aliphatic heterocycles. The van der Waals surface area contributed by atoms with Gasteiger partial charge in [-0.25, -0.2) is 10.2 Å². The summed E-state index contributed by atoms with van der Waals surface area (Å²) in [5.41, 5.74) is 5.20. The molecule has 0 bridgehead atoms. The second kappa shape index (κ2) is 6.93. The van der Waals surface area contributed by atoms with Crippen molar-refractivity contribution in [2.45, 2.75) is 33.3 Å². The maximum absolute atomic E-state index is 12.0. The number of aryl methyl sites for hydroxylation is 1. The number of hydrogen-bond donors (Lipinski definition) is 3. The molecule has 1 rings (SSSR count). The first-order chi connectivity index (χ1) is 10.1. The second-order valence-electron chi connectivity index (χ2n) is 5.69. The van der Waals surface area contributed by atoms with Gasteiger partial charge in [-0.15, -0.1) is 0 Å². The normalized spacial score (nSPS) is 10.6. The van der Waals surface area contributed by atoms with E-state index in [0.29, 0.717) is 16.7 Å². The molecule has 0 aliphatic rings. The third kappa shape index (κ3) is 5.08. The standard InChI is InChI=1S/C15H21N3O4/c1-9-8-10(12(19)16-5)6-7-11(9)13(20)17-18-14(21)22-15(2,3)4/h6-8H,1-5H3,(H,16,19)(H,17,20)(H,18,21). The Kier molecular flexibility index (Phi) is 5.50. The lowest BCUT2D eigenvalue weighted by Gasteiger charge is -2.19. The number of hydrogen-bond acceptors (Lipinski definition) is 4. The maximum atomic E-state index is 12.0. The van der Waals surface area contributed by atoms with E-state index < -0.39 is 17.6 Å². The molecule has 3 amide bonds. The van der Waals surface area contributed by atoms with Gasteiger partial charge in [0, 0.05) is 18.2 Å². The number of hydrazine groups is 1. The molecule has 0 unspecified atom stereocenters. The van der Waals surface area contributed by atoms with Crippen LogP contribution in [0.2, 0.25) is 0 Å². The average Bonchev–Trinajstić information content (AvgIpc) is 2.41. The monoisotopic (exact) mass is 307 g/mol. The highest BCUT2D eigenvalue weighted by atomic mass is 16.6. The molecule has 0 aliphatic carbocycles. The molecule has 7 heteroatoms. The maximum Gasteiger partial charge on any atom is 0.426 e. The summed E-state index contributed by atoms with van der Waals surface area (Å²) in [7, 11) is 1.53. The first kappa shape index (κ1) is 17.5. The highest BCUT2D eigenvalue weighted by molar-refractivity contribution is 5.99. The van der Waals surface area contributed by atoms with Crippen LogP contribution in [0, 0.1) is 6.92 Å². The van der Waals surface area contributed by atoms with Crippen molar-refractivity contribution in [3.63, 3.8) is 0 Å². The van der Waals surface area contributed by atoms with Gasteiger partial charge in [-0.2, -0.15) is 0 Å². The molecule has 120 valence electrons. The quantitative estimate of drug-likeness (QED) is 0.722. The summed E-state index contributed by atoms with van der Waals surface area (Å²) in [4.78, 5) is 35.0. The summed E-state index contributed by atoms with van der Waals surface area (Å²) >= 11 is 0. The summed E-state index contributed by atoms with van der Waals surface area (Å²) in [5, 5.41) is 2.51. The molecular weight excluding hydrogens is 286 g/mol. The topological polar surface area (TPSA) is 96.5 Å². The predicted octanol–water partition coefficient (Wildman–Crippen LogP) is 1.52. The van der Waals surface area contributed by atoms with Gasteiger partial charge in [0.25, 0.3) is 11.8 Å². The SMILES string of the molecule is CNC(=O)c1ccc(C(=O)NNC(=O)OC(C)(C)C)c(C)c1. The fraction of sp³-hybridized carbons (Fsp3) is 0.400. The van der Waals surface area contributed by atoms with Crippen molar-refractivity contribution < 1.29 is 19.1 Å². The van der Waals surface area contributed by atoms with Crippen LogP contribution in [0.25, 0.3) is 0 Å². The summed E-state index contributed by atoms with van der Waals surface area (Å²) < 4.78 is 5.00. The fourth-order valence-corrected chi connectivity index (χ4v) is 1.68. The summed E-state index contributed by atoms with van der Waals surface area (Å²) in [6, 6.07) is 4.65. The van der Waals surface area contributed by atoms with Crippen molar-refractivity contribution in [1.82, 2.24) is 16.2 Å². The molecule has 0 aromatic heterocycles. The van der Waals surface area contributed by atoms with Crippen molar-refractivity contribution >= 4 is 17.9 Å². The van der Waals surface area contributed by atoms with Crippen LogP contribution in [0.3, 0.4) is 0 Å². The van der Waals surface area contributed by atoms with Gasteiger partial charge < -0.3 is 10.1 Å². The molecule has 7 nitrogen and oxygen atoms in total. The molecule has 0 fully saturated rings. The van der Waals surface area contributed by atoms with Gasteiger partial charge in [-0.05, 0) is 51.5 Å². The zero-order valence-corrected chi connectivity index (χ0v) is 13.4. The molecule has 0 atom stereocenters. The fourth-order valence-electron chi connectivity index (χ4n) is 1.68. The lowest BCUT2D eigenvalue weighted by atomic mass is 10.0. The smallest absolute Gasteiger partial charge is 0.426 e. The minimum absolute atomic E-state index is 0.234. The predicted molar refractivity (Wildman–Crippen MR) is 81.4 cm³/mol. The van der Waals surface area contributed by atoms with Crippen LogP contribution in [0.1, 0.15) is 47.1 Å². The third-order valence-electron chi connectivity index (χ3n) is 2.64. The van der Waals surface area contributed by atoms with Gasteiger partial charge in [0.05, 0.1) is 0 Å². The Hall–Kier alpha value is -2.57. The van der Waals surface area contributed by atoms with E-state index in [1.54, 1.807) is 33.8 Å². The Morgan fingerprint density at radius 2 is 1.68 bits per heavy atom. The van der Waals surface area contributed by atoms with Crippen molar-refractivity contribution in [1.29, 1.82) is 0 Å². The van der Waals surface area contributed by atoms with Gasteiger partial charge in [0.15, 0.2) is 0 Å². The first-order valence-corrected chi connectivity index (χ1v) is 6.76. The third-order valence-corrected chi connectivity index (χ3v) is 2.64. The van der Waals surface area contributed by atoms with Crippen LogP contribution in [-0.2, 0) is 4.74 Å². The van der Waals surface area contributed by atoms with Crippen molar-refractivity contribution in [2.24, 2.45) is 0 Å². The molecule has 0 spiro atoms. The van der Waals surface area contributed by atoms with Gasteiger partial charge in [0.1, 0.15) is 5.60 Å². The Labute approximate surface area is 129 Å². The number of amides is 3. The van der Waals surface area contributed by atoms with E-state index in [9.17, 15) is 14.4 Å². The summed E-state index contributed by atoms with van der Waals surface area (Å²) in [6.45, 7) is 6.86. The molecule has 1 aromatic carbocycles. The highest BCUT2D eigenvalue weighted by Gasteiger charge is 2.17. The molecular formula is C15H21N3O4. The number of carbonyl (C=O) groups excluding carboxylic acids is 3. The molecule has 0 radical (unpaired) electrons. The van der Waals surface area contributed by atoms with E-state index in [1.165, 1.54) is 19.2 Å². The molecule has 0 saturated heterocycles. The zero-order valence-electron chi connectivity index (χ0n) is 13.4. The number of ether oxygens (including phenoxy) is 1. The number of benzene rings is 1. The van der Waals surface area contributed by atoms with Crippen molar-refractivity contribution in [3.8, 4) is 0 Å². The lowest BCUT2D eigenvalue weighted by molar-refractivity contribution is 0.0483. The van der Waals surface area contributed by atoms with Gasteiger partial charge >= 0.3 is 6.09 Å². The number of nitrogens with one attached hydrogen (secondary N) is 3. The number of rotatable bonds is 2. The van der Waals surface area contributed by atoms with E-state index in [4.69, 9.17) is 4.74 Å². The largest absolute Gasteiger partial charge is 0.443 e. The minimum Gasteiger partial charge on any atom is -0.443 e. The molecule has 1 aromatic rings. The Balaban J connectivity index is 2.70. The van der Waals surface area contributed by atoms with Gasteiger partial charge in [0.2, 0.25) is 0 Å². The van der Waals surface area contributed by atoms with E-state index in [-0.39, 0.29) is 5.91 Å². The number of carbonyl (C=O) groups is 3. The molecule has 3 N–H and O–H groups in total. The van der Waals surface area contributed by atoms with E-state index >= 15 is 0 Å². The molecule has 0 saturated carbocycles. The van der Waals surface area contributed by atoms with Gasteiger partial charge in [-0.3, -0.25) is 15.0 Å². The lowest BCUT2D eigenvalue weighted by Crippen LogP contribution is -2.44. The van der Waals surface area contributed by atoms with Crippen LogP contribution in [0.4, 0.5) is 4.79 Å². The van der Waals surface area contributed by atoms with Crippen molar-refractivity contribution in [3.05, 3.63) is 34.9 Å². The molecule has 0 heterocycles. The van der Waals surface area contributed by atoms with Gasteiger partial charge in [-0.1, -0.05) is 0 Å². The van der Waals surface area contributed by atoms with E-state index in [1.807, 2.05) is 0 Å². The average molecular weight is 307 g/mol. The zero-order chi connectivity index (χ0) is 16.9. The second-order valence-corrected chi connectivity index (χ2v) is 5.69. The summed E-state index contributed by atoms with van der Waals surface area (Å²) in [5.74, 6) is -0.728. The van der Waals surface area contributed by atoms with Crippen molar-refractivity contribution in [2.75, 3.05) is 7.05 Å². The van der Waals surface area contributed by atoms with Crippen LogP contribution >= 0.6 is 0 Å². The first-order valence-electron chi connectivity index (χ1n) is 6.76.